The largest absolute Gasteiger partial charge is 0.319 e. The van der Waals surface area contributed by atoms with Crippen molar-refractivity contribution in [1.29, 1.82) is 0 Å². The molecule has 1 atom stereocenters. The monoisotopic (exact) mass is 283 g/mol. The summed E-state index contributed by atoms with van der Waals surface area (Å²) in [7, 11) is 2.03. The second-order valence-electron chi connectivity index (χ2n) is 4.31. The molecule has 0 amide bonds. The molecule has 1 aromatic rings. The highest BCUT2D eigenvalue weighted by Gasteiger charge is 2.10. The van der Waals surface area contributed by atoms with Gasteiger partial charge in [0.25, 0.3) is 0 Å². The Morgan fingerprint density at radius 3 is 2.75 bits per heavy atom. The van der Waals surface area contributed by atoms with Gasteiger partial charge in [-0.3, -0.25) is 0 Å². The lowest BCUT2D eigenvalue weighted by molar-refractivity contribution is 0.542. The molecule has 0 saturated heterocycles. The maximum absolute atomic E-state index is 3.54. The summed E-state index contributed by atoms with van der Waals surface area (Å²) in [6, 6.07) is 8.69. The molecule has 0 saturated carbocycles. The Kier molecular flexibility index (Phi) is 6.74. The second kappa shape index (κ2) is 7.86. The van der Waals surface area contributed by atoms with Crippen molar-refractivity contribution in [2.24, 2.45) is 0 Å². The molecular formula is C14H22BrN. The van der Waals surface area contributed by atoms with Gasteiger partial charge in [-0.1, -0.05) is 54.2 Å². The minimum atomic E-state index is 0.647. The van der Waals surface area contributed by atoms with Gasteiger partial charge in [0.05, 0.1) is 0 Å². The first-order valence-corrected chi connectivity index (χ1v) is 6.97. The topological polar surface area (TPSA) is 12.0 Å². The Bertz CT molecular complexity index is 299. The van der Waals surface area contributed by atoms with Gasteiger partial charge in [0, 0.05) is 11.0 Å². The molecule has 0 fully saturated rings. The highest BCUT2D eigenvalue weighted by molar-refractivity contribution is 9.10. The quantitative estimate of drug-likeness (QED) is 0.735. The van der Waals surface area contributed by atoms with Gasteiger partial charge < -0.3 is 5.32 Å². The van der Waals surface area contributed by atoms with Crippen molar-refractivity contribution in [3.05, 3.63) is 34.3 Å². The first-order valence-electron chi connectivity index (χ1n) is 6.18. The van der Waals surface area contributed by atoms with E-state index in [0.717, 1.165) is 6.54 Å². The molecule has 0 radical (unpaired) electrons. The summed E-state index contributed by atoms with van der Waals surface area (Å²) in [4.78, 5) is 0. The molecule has 0 heterocycles. The molecule has 0 bridgehead atoms. The number of nitrogens with one attached hydrogen (secondary N) is 1. The standard InChI is InChI=1S/C14H22BrN/c1-3-4-5-7-13(11-16-2)12-8-6-9-14(15)10-12/h6,8-10,13,16H,3-5,7,11H2,1-2H3. The van der Waals surface area contributed by atoms with Crippen LogP contribution >= 0.6 is 15.9 Å². The van der Waals surface area contributed by atoms with Crippen LogP contribution in [-0.2, 0) is 0 Å². The first-order chi connectivity index (χ1) is 7.77. The van der Waals surface area contributed by atoms with Gasteiger partial charge >= 0.3 is 0 Å². The third kappa shape index (κ3) is 4.67. The Labute approximate surface area is 108 Å². The van der Waals surface area contributed by atoms with Gasteiger partial charge in [0.1, 0.15) is 0 Å². The number of benzene rings is 1. The fraction of sp³-hybridized carbons (Fsp3) is 0.571. The number of halogens is 1. The van der Waals surface area contributed by atoms with Gasteiger partial charge in [-0.25, -0.2) is 0 Å². The molecule has 0 spiro atoms. The number of hydrogen-bond acceptors (Lipinski definition) is 1. The predicted octanol–water partition coefficient (Wildman–Crippen LogP) is 4.33. The molecule has 1 nitrogen and oxygen atoms in total. The van der Waals surface area contributed by atoms with E-state index in [1.165, 1.54) is 35.7 Å². The average Bonchev–Trinajstić information content (AvgIpc) is 2.28. The Balaban J connectivity index is 2.61. The molecule has 1 aromatic carbocycles. The number of hydrogen-bond donors (Lipinski definition) is 1. The molecule has 1 N–H and O–H groups in total. The Hall–Kier alpha value is -0.340. The number of likely N-dealkylation sites (N-methyl/N-ethyl adjacent to an activating group) is 1. The zero-order valence-corrected chi connectivity index (χ0v) is 11.9. The van der Waals surface area contributed by atoms with Gasteiger partial charge in [0.15, 0.2) is 0 Å². The van der Waals surface area contributed by atoms with Crippen LogP contribution in [0, 0.1) is 0 Å². The van der Waals surface area contributed by atoms with E-state index in [9.17, 15) is 0 Å². The molecule has 16 heavy (non-hydrogen) atoms. The van der Waals surface area contributed by atoms with Gasteiger partial charge in [-0.15, -0.1) is 0 Å². The van der Waals surface area contributed by atoms with E-state index in [0.29, 0.717) is 5.92 Å². The summed E-state index contributed by atoms with van der Waals surface area (Å²) in [5.74, 6) is 0.647. The zero-order valence-electron chi connectivity index (χ0n) is 10.3. The SMILES string of the molecule is CCCCCC(CNC)c1cccc(Br)c1. The summed E-state index contributed by atoms with van der Waals surface area (Å²) < 4.78 is 1.18. The van der Waals surface area contributed by atoms with E-state index in [-0.39, 0.29) is 0 Å². The van der Waals surface area contributed by atoms with Crippen molar-refractivity contribution in [3.63, 3.8) is 0 Å². The van der Waals surface area contributed by atoms with Crippen LogP contribution in [0.4, 0.5) is 0 Å². The van der Waals surface area contributed by atoms with E-state index in [4.69, 9.17) is 0 Å². The molecule has 2 heteroatoms. The fourth-order valence-corrected chi connectivity index (χ4v) is 2.45. The lowest BCUT2D eigenvalue weighted by Crippen LogP contribution is -2.17. The maximum Gasteiger partial charge on any atom is 0.0178 e. The summed E-state index contributed by atoms with van der Waals surface area (Å²) in [6.07, 6.45) is 5.25. The van der Waals surface area contributed by atoms with Crippen molar-refractivity contribution >= 4 is 15.9 Å². The van der Waals surface area contributed by atoms with Crippen LogP contribution in [0.3, 0.4) is 0 Å². The van der Waals surface area contributed by atoms with Crippen molar-refractivity contribution in [3.8, 4) is 0 Å². The van der Waals surface area contributed by atoms with E-state index in [1.54, 1.807) is 0 Å². The molecule has 90 valence electrons. The molecule has 0 aliphatic rings. The lowest BCUT2D eigenvalue weighted by atomic mass is 9.93. The third-order valence-corrected chi connectivity index (χ3v) is 3.42. The Morgan fingerprint density at radius 2 is 2.12 bits per heavy atom. The fourth-order valence-electron chi connectivity index (χ4n) is 2.03. The van der Waals surface area contributed by atoms with Crippen molar-refractivity contribution in [2.75, 3.05) is 13.6 Å². The van der Waals surface area contributed by atoms with Crippen LogP contribution in [0.25, 0.3) is 0 Å². The van der Waals surface area contributed by atoms with Crippen LogP contribution in [0.5, 0.6) is 0 Å². The Morgan fingerprint density at radius 1 is 1.31 bits per heavy atom. The summed E-state index contributed by atoms with van der Waals surface area (Å²) in [5.41, 5.74) is 1.44. The van der Waals surface area contributed by atoms with Crippen LogP contribution in [0.2, 0.25) is 0 Å². The zero-order chi connectivity index (χ0) is 11.8. The molecule has 0 aliphatic carbocycles. The van der Waals surface area contributed by atoms with Gasteiger partial charge in [-0.05, 0) is 37.1 Å². The van der Waals surface area contributed by atoms with E-state index in [2.05, 4.69) is 52.4 Å². The molecule has 1 unspecified atom stereocenters. The van der Waals surface area contributed by atoms with Crippen molar-refractivity contribution < 1.29 is 0 Å². The predicted molar refractivity (Wildman–Crippen MR) is 75.0 cm³/mol. The smallest absolute Gasteiger partial charge is 0.0178 e. The van der Waals surface area contributed by atoms with E-state index >= 15 is 0 Å². The summed E-state index contributed by atoms with van der Waals surface area (Å²) in [5, 5.41) is 3.30. The van der Waals surface area contributed by atoms with Gasteiger partial charge in [0.2, 0.25) is 0 Å². The lowest BCUT2D eigenvalue weighted by Gasteiger charge is -2.17. The van der Waals surface area contributed by atoms with Crippen LogP contribution in [-0.4, -0.2) is 13.6 Å². The highest BCUT2D eigenvalue weighted by Crippen LogP contribution is 2.24. The number of unbranched alkanes of at least 4 members (excludes halogenated alkanes) is 2. The van der Waals surface area contributed by atoms with Crippen LogP contribution in [0.1, 0.15) is 44.1 Å². The normalized spacial score (nSPS) is 12.7. The third-order valence-electron chi connectivity index (χ3n) is 2.93. The van der Waals surface area contributed by atoms with Gasteiger partial charge in [-0.2, -0.15) is 0 Å². The molecule has 1 rings (SSSR count). The van der Waals surface area contributed by atoms with Crippen LogP contribution < -0.4 is 5.32 Å². The minimum absolute atomic E-state index is 0.647. The molecule has 0 aliphatic heterocycles. The highest BCUT2D eigenvalue weighted by atomic mass is 79.9. The number of rotatable bonds is 7. The molecular weight excluding hydrogens is 262 g/mol. The maximum atomic E-state index is 3.54. The van der Waals surface area contributed by atoms with E-state index in [1.807, 2.05) is 7.05 Å². The average molecular weight is 284 g/mol. The summed E-state index contributed by atoms with van der Waals surface area (Å²) in [6.45, 7) is 3.33. The van der Waals surface area contributed by atoms with Crippen LogP contribution in [0.15, 0.2) is 28.7 Å². The minimum Gasteiger partial charge on any atom is -0.319 e. The van der Waals surface area contributed by atoms with E-state index < -0.39 is 0 Å². The first kappa shape index (κ1) is 13.7. The molecule has 0 aromatic heterocycles. The van der Waals surface area contributed by atoms with Crippen molar-refractivity contribution in [2.45, 2.75) is 38.5 Å². The van der Waals surface area contributed by atoms with Crippen molar-refractivity contribution in [1.82, 2.24) is 5.32 Å². The summed E-state index contributed by atoms with van der Waals surface area (Å²) >= 11 is 3.54. The second-order valence-corrected chi connectivity index (χ2v) is 5.22.